The Morgan fingerprint density at radius 1 is 1.26 bits per heavy atom. The van der Waals surface area contributed by atoms with Gasteiger partial charge in [0.2, 0.25) is 5.91 Å². The first-order chi connectivity index (χ1) is 11.0. The minimum absolute atomic E-state index is 0.112. The Labute approximate surface area is 140 Å². The van der Waals surface area contributed by atoms with Crippen LogP contribution in [0, 0.1) is 18.3 Å². The van der Waals surface area contributed by atoms with E-state index in [2.05, 4.69) is 16.4 Å². The Bertz CT molecular complexity index is 733. The van der Waals surface area contributed by atoms with E-state index in [1.807, 2.05) is 51.1 Å². The summed E-state index contributed by atoms with van der Waals surface area (Å²) in [4.78, 5) is 16.5. The van der Waals surface area contributed by atoms with E-state index in [0.29, 0.717) is 10.6 Å². The zero-order valence-electron chi connectivity index (χ0n) is 13.5. The molecule has 0 saturated carbocycles. The molecule has 0 fully saturated rings. The number of thioether (sulfide) groups is 1. The fourth-order valence-electron chi connectivity index (χ4n) is 1.94. The fourth-order valence-corrected chi connectivity index (χ4v) is 2.72. The van der Waals surface area contributed by atoms with Gasteiger partial charge in [-0.15, -0.1) is 0 Å². The lowest BCUT2D eigenvalue weighted by Crippen LogP contribution is -2.14. The number of nitriles is 1. The molecule has 0 saturated heterocycles. The van der Waals surface area contributed by atoms with Gasteiger partial charge < -0.3 is 5.32 Å². The lowest BCUT2D eigenvalue weighted by Gasteiger charge is -2.09. The molecule has 23 heavy (non-hydrogen) atoms. The molecule has 0 spiro atoms. The van der Waals surface area contributed by atoms with Gasteiger partial charge in [-0.2, -0.15) is 5.26 Å². The number of aromatic nitrogens is 1. The summed E-state index contributed by atoms with van der Waals surface area (Å²) >= 11 is 1.29. The highest BCUT2D eigenvalue weighted by Gasteiger charge is 2.11. The van der Waals surface area contributed by atoms with Gasteiger partial charge in [0, 0.05) is 11.4 Å². The second kappa shape index (κ2) is 7.80. The van der Waals surface area contributed by atoms with Crippen molar-refractivity contribution in [3.8, 4) is 6.07 Å². The Balaban J connectivity index is 2.02. The van der Waals surface area contributed by atoms with Crippen molar-refractivity contribution in [1.29, 1.82) is 5.26 Å². The van der Waals surface area contributed by atoms with Crippen molar-refractivity contribution in [3.63, 3.8) is 0 Å². The predicted molar refractivity (Wildman–Crippen MR) is 93.6 cm³/mol. The number of nitrogens with one attached hydrogen (secondary N) is 1. The molecule has 0 unspecified atom stereocenters. The van der Waals surface area contributed by atoms with Crippen molar-refractivity contribution in [1.82, 2.24) is 4.98 Å². The van der Waals surface area contributed by atoms with Crippen molar-refractivity contribution in [3.05, 3.63) is 53.2 Å². The molecule has 0 aliphatic heterocycles. The van der Waals surface area contributed by atoms with Crippen LogP contribution in [-0.4, -0.2) is 16.6 Å². The topological polar surface area (TPSA) is 65.8 Å². The molecule has 0 radical (unpaired) electrons. The highest BCUT2D eigenvalue weighted by molar-refractivity contribution is 8.00. The molecule has 0 bridgehead atoms. The molecule has 2 aromatic rings. The van der Waals surface area contributed by atoms with E-state index in [1.165, 1.54) is 11.8 Å². The number of anilines is 1. The molecular weight excluding hydrogens is 306 g/mol. The van der Waals surface area contributed by atoms with Crippen molar-refractivity contribution >= 4 is 23.4 Å². The fraction of sp³-hybridized carbons (Fsp3) is 0.278. The summed E-state index contributed by atoms with van der Waals surface area (Å²) < 4.78 is 0. The van der Waals surface area contributed by atoms with Gasteiger partial charge in [-0.3, -0.25) is 4.79 Å². The first-order valence-electron chi connectivity index (χ1n) is 7.40. The van der Waals surface area contributed by atoms with Crippen molar-refractivity contribution in [2.75, 3.05) is 11.1 Å². The Morgan fingerprint density at radius 3 is 2.57 bits per heavy atom. The van der Waals surface area contributed by atoms with Gasteiger partial charge in [0.15, 0.2) is 0 Å². The molecule has 1 amide bonds. The lowest BCUT2D eigenvalue weighted by molar-refractivity contribution is -0.113. The Kier molecular flexibility index (Phi) is 5.78. The van der Waals surface area contributed by atoms with Gasteiger partial charge >= 0.3 is 0 Å². The number of pyridine rings is 1. The molecule has 2 rings (SSSR count). The monoisotopic (exact) mass is 325 g/mol. The number of rotatable bonds is 5. The van der Waals surface area contributed by atoms with E-state index in [4.69, 9.17) is 0 Å². The number of carbonyl (C=O) groups excluding carboxylic acids is 1. The minimum Gasteiger partial charge on any atom is -0.325 e. The van der Waals surface area contributed by atoms with E-state index in [9.17, 15) is 10.1 Å². The lowest BCUT2D eigenvalue weighted by atomic mass is 10.1. The second-order valence-corrected chi connectivity index (χ2v) is 6.52. The Morgan fingerprint density at radius 2 is 1.96 bits per heavy atom. The molecule has 1 aromatic carbocycles. The summed E-state index contributed by atoms with van der Waals surface area (Å²) in [5.41, 5.74) is 3.34. The largest absolute Gasteiger partial charge is 0.325 e. The van der Waals surface area contributed by atoms with Gasteiger partial charge in [-0.1, -0.05) is 43.3 Å². The third-order valence-corrected chi connectivity index (χ3v) is 4.26. The van der Waals surface area contributed by atoms with Gasteiger partial charge in [0.25, 0.3) is 0 Å². The maximum atomic E-state index is 12.0. The van der Waals surface area contributed by atoms with Crippen LogP contribution in [-0.2, 0) is 4.79 Å². The molecule has 1 aromatic heterocycles. The van der Waals surface area contributed by atoms with Crippen molar-refractivity contribution in [2.24, 2.45) is 0 Å². The van der Waals surface area contributed by atoms with Crippen LogP contribution < -0.4 is 5.32 Å². The minimum atomic E-state index is -0.112. The summed E-state index contributed by atoms with van der Waals surface area (Å²) in [6, 6.07) is 13.4. The molecule has 4 nitrogen and oxygen atoms in total. The molecule has 118 valence electrons. The van der Waals surface area contributed by atoms with E-state index >= 15 is 0 Å². The molecular formula is C18H19N3OS. The number of aryl methyl sites for hydroxylation is 1. The van der Waals surface area contributed by atoms with Crippen LogP contribution in [0.1, 0.15) is 36.6 Å². The predicted octanol–water partition coefficient (Wildman–Crippen LogP) is 4.12. The van der Waals surface area contributed by atoms with Crippen LogP contribution in [0.4, 0.5) is 5.69 Å². The molecule has 1 heterocycles. The smallest absolute Gasteiger partial charge is 0.234 e. The number of hydrogen-bond acceptors (Lipinski definition) is 4. The average molecular weight is 325 g/mol. The standard InChI is InChI=1S/C18H19N3OS/c1-12(2)16-9-6-14(10-19)18(21-16)23-11-17(22)20-15-7-4-13(3)5-8-15/h4-9,12H,11H2,1-3H3,(H,20,22). The average Bonchev–Trinajstić information content (AvgIpc) is 2.54. The molecule has 0 aliphatic rings. The summed E-state index contributed by atoms with van der Waals surface area (Å²) in [6.07, 6.45) is 0. The molecule has 5 heteroatoms. The number of benzene rings is 1. The summed E-state index contributed by atoms with van der Waals surface area (Å²) in [6.45, 7) is 6.10. The zero-order valence-corrected chi connectivity index (χ0v) is 14.3. The maximum Gasteiger partial charge on any atom is 0.234 e. The number of hydrogen-bond donors (Lipinski definition) is 1. The van der Waals surface area contributed by atoms with E-state index in [1.54, 1.807) is 6.07 Å². The first kappa shape index (κ1) is 17.0. The highest BCUT2D eigenvalue weighted by atomic mass is 32.2. The quantitative estimate of drug-likeness (QED) is 0.840. The third-order valence-electron chi connectivity index (χ3n) is 3.27. The van der Waals surface area contributed by atoms with Crippen LogP contribution >= 0.6 is 11.8 Å². The summed E-state index contributed by atoms with van der Waals surface area (Å²) in [5.74, 6) is 0.389. The zero-order chi connectivity index (χ0) is 16.8. The van der Waals surface area contributed by atoms with Crippen LogP contribution in [0.2, 0.25) is 0 Å². The molecule has 0 aliphatic carbocycles. The number of carbonyl (C=O) groups is 1. The van der Waals surface area contributed by atoms with E-state index in [0.717, 1.165) is 16.9 Å². The third kappa shape index (κ3) is 4.83. The Hall–Kier alpha value is -2.32. The van der Waals surface area contributed by atoms with Crippen molar-refractivity contribution < 1.29 is 4.79 Å². The van der Waals surface area contributed by atoms with Crippen LogP contribution in [0.5, 0.6) is 0 Å². The van der Waals surface area contributed by atoms with Gasteiger partial charge in [0.05, 0.1) is 11.3 Å². The van der Waals surface area contributed by atoms with Gasteiger partial charge in [-0.25, -0.2) is 4.98 Å². The summed E-state index contributed by atoms with van der Waals surface area (Å²) in [7, 11) is 0. The second-order valence-electron chi connectivity index (χ2n) is 5.56. The van der Waals surface area contributed by atoms with Crippen molar-refractivity contribution in [2.45, 2.75) is 31.7 Å². The van der Waals surface area contributed by atoms with Crippen LogP contribution in [0.15, 0.2) is 41.4 Å². The van der Waals surface area contributed by atoms with Crippen LogP contribution in [0.25, 0.3) is 0 Å². The normalized spacial score (nSPS) is 10.4. The van der Waals surface area contributed by atoms with Gasteiger partial charge in [-0.05, 0) is 37.1 Å². The first-order valence-corrected chi connectivity index (χ1v) is 8.38. The van der Waals surface area contributed by atoms with E-state index < -0.39 is 0 Å². The molecule has 0 atom stereocenters. The SMILES string of the molecule is Cc1ccc(NC(=O)CSc2nc(C(C)C)ccc2C#N)cc1. The van der Waals surface area contributed by atoms with Crippen LogP contribution in [0.3, 0.4) is 0 Å². The number of nitrogens with zero attached hydrogens (tertiary/aromatic N) is 2. The maximum absolute atomic E-state index is 12.0. The summed E-state index contributed by atoms with van der Waals surface area (Å²) in [5, 5.41) is 12.6. The highest BCUT2D eigenvalue weighted by Crippen LogP contribution is 2.23. The number of amides is 1. The van der Waals surface area contributed by atoms with E-state index in [-0.39, 0.29) is 17.6 Å². The molecule has 1 N–H and O–H groups in total. The van der Waals surface area contributed by atoms with Gasteiger partial charge in [0.1, 0.15) is 11.1 Å².